The Labute approximate surface area is 150 Å². The van der Waals surface area contributed by atoms with Gasteiger partial charge in [0.2, 0.25) is 0 Å². The van der Waals surface area contributed by atoms with Crippen LogP contribution in [-0.2, 0) is 11.3 Å². The second-order valence-corrected chi connectivity index (χ2v) is 5.75. The van der Waals surface area contributed by atoms with Crippen LogP contribution in [0.25, 0.3) is 0 Å². The lowest BCUT2D eigenvalue weighted by atomic mass is 10.2. The molecule has 2 aromatic rings. The summed E-state index contributed by atoms with van der Waals surface area (Å²) in [7, 11) is 3.10. The Balaban J connectivity index is 1.81. The molecule has 0 bridgehead atoms. The molecule has 3 amide bonds. The van der Waals surface area contributed by atoms with Gasteiger partial charge in [-0.15, -0.1) is 0 Å². The van der Waals surface area contributed by atoms with Crippen LogP contribution in [0.2, 0.25) is 0 Å². The number of nitrogens with zero attached hydrogens (tertiary/aromatic N) is 3. The number of hydrogen-bond donors (Lipinski definition) is 0. The molecule has 7 heteroatoms. The summed E-state index contributed by atoms with van der Waals surface area (Å²) in [5.74, 6) is 0.914. The molecule has 0 atom stereocenters. The molecule has 1 aliphatic rings. The Bertz CT molecular complexity index is 864. The number of methoxy groups -OCH3 is 2. The number of amides is 3. The van der Waals surface area contributed by atoms with E-state index in [9.17, 15) is 9.59 Å². The number of imide groups is 1. The largest absolute Gasteiger partial charge is 0.497 e. The molecule has 7 nitrogen and oxygen atoms in total. The number of carbonyl (C=O) groups is 2. The van der Waals surface area contributed by atoms with Gasteiger partial charge in [-0.3, -0.25) is 4.79 Å². The van der Waals surface area contributed by atoms with Crippen molar-refractivity contribution in [3.8, 4) is 17.6 Å². The predicted molar refractivity (Wildman–Crippen MR) is 94.0 cm³/mol. The quantitative estimate of drug-likeness (QED) is 0.773. The Morgan fingerprint density at radius 3 is 2.19 bits per heavy atom. The van der Waals surface area contributed by atoms with Gasteiger partial charge in [-0.1, -0.05) is 0 Å². The van der Waals surface area contributed by atoms with Crippen molar-refractivity contribution in [3.05, 3.63) is 53.6 Å². The van der Waals surface area contributed by atoms with E-state index in [1.54, 1.807) is 56.7 Å². The molecule has 1 fully saturated rings. The van der Waals surface area contributed by atoms with Crippen LogP contribution in [0.3, 0.4) is 0 Å². The number of nitriles is 1. The van der Waals surface area contributed by atoms with Gasteiger partial charge in [0.25, 0.3) is 5.91 Å². The first-order chi connectivity index (χ1) is 12.5. The molecule has 1 saturated heterocycles. The lowest BCUT2D eigenvalue weighted by molar-refractivity contribution is -0.116. The molecule has 2 aromatic carbocycles. The maximum Gasteiger partial charge on any atom is 0.332 e. The van der Waals surface area contributed by atoms with Gasteiger partial charge in [-0.25, -0.2) is 9.69 Å². The van der Waals surface area contributed by atoms with Gasteiger partial charge >= 0.3 is 6.03 Å². The monoisotopic (exact) mass is 351 g/mol. The number of carbonyl (C=O) groups excluding carboxylic acids is 2. The van der Waals surface area contributed by atoms with Crippen LogP contribution >= 0.6 is 0 Å². The molecular formula is C19H17N3O4. The third kappa shape index (κ3) is 3.30. The summed E-state index contributed by atoms with van der Waals surface area (Å²) in [4.78, 5) is 27.6. The molecular weight excluding hydrogens is 334 g/mol. The van der Waals surface area contributed by atoms with Gasteiger partial charge in [0.05, 0.1) is 31.5 Å². The van der Waals surface area contributed by atoms with Gasteiger partial charge in [0.15, 0.2) is 0 Å². The summed E-state index contributed by atoms with van der Waals surface area (Å²) in [6.07, 6.45) is 0. The van der Waals surface area contributed by atoms with Gasteiger partial charge in [0.1, 0.15) is 18.0 Å². The minimum atomic E-state index is -0.401. The van der Waals surface area contributed by atoms with Crippen molar-refractivity contribution in [1.82, 2.24) is 4.90 Å². The molecule has 132 valence electrons. The fraction of sp³-hybridized carbons (Fsp3) is 0.211. The average molecular weight is 351 g/mol. The molecule has 0 N–H and O–H groups in total. The van der Waals surface area contributed by atoms with Gasteiger partial charge in [-0.2, -0.15) is 5.26 Å². The molecule has 26 heavy (non-hydrogen) atoms. The SMILES string of the molecule is COc1cc(CN2CC(=O)N(c3ccc(C#N)cc3)C2=O)cc(OC)c1. The highest BCUT2D eigenvalue weighted by Gasteiger charge is 2.37. The predicted octanol–water partition coefficient (Wildman–Crippen LogP) is 2.54. The number of rotatable bonds is 5. The fourth-order valence-electron chi connectivity index (χ4n) is 2.79. The molecule has 0 aromatic heterocycles. The second-order valence-electron chi connectivity index (χ2n) is 5.75. The summed E-state index contributed by atoms with van der Waals surface area (Å²) < 4.78 is 10.5. The molecule has 0 radical (unpaired) electrons. The molecule has 0 aliphatic carbocycles. The zero-order chi connectivity index (χ0) is 18.7. The van der Waals surface area contributed by atoms with Crippen molar-refractivity contribution in [2.24, 2.45) is 0 Å². The van der Waals surface area contributed by atoms with Crippen LogP contribution < -0.4 is 14.4 Å². The van der Waals surface area contributed by atoms with Crippen LogP contribution in [0.1, 0.15) is 11.1 Å². The molecule has 0 unspecified atom stereocenters. The average Bonchev–Trinajstić information content (AvgIpc) is 2.94. The van der Waals surface area contributed by atoms with E-state index >= 15 is 0 Å². The van der Waals surface area contributed by atoms with Crippen molar-refractivity contribution < 1.29 is 19.1 Å². The summed E-state index contributed by atoms with van der Waals surface area (Å²) >= 11 is 0. The van der Waals surface area contributed by atoms with E-state index < -0.39 is 6.03 Å². The summed E-state index contributed by atoms with van der Waals surface area (Å²) in [6.45, 7) is 0.239. The summed E-state index contributed by atoms with van der Waals surface area (Å²) in [5, 5.41) is 8.86. The van der Waals surface area contributed by atoms with Crippen LogP contribution in [0.4, 0.5) is 10.5 Å². The van der Waals surface area contributed by atoms with E-state index in [2.05, 4.69) is 0 Å². The molecule has 1 heterocycles. The van der Waals surface area contributed by atoms with Crippen molar-refractivity contribution in [3.63, 3.8) is 0 Å². The Kier molecular flexibility index (Phi) is 4.76. The van der Waals surface area contributed by atoms with Crippen molar-refractivity contribution in [2.75, 3.05) is 25.7 Å². The van der Waals surface area contributed by atoms with Crippen LogP contribution in [-0.4, -0.2) is 37.6 Å². The zero-order valence-electron chi connectivity index (χ0n) is 14.4. The Morgan fingerprint density at radius 2 is 1.65 bits per heavy atom. The van der Waals surface area contributed by atoms with Crippen LogP contribution in [0, 0.1) is 11.3 Å². The number of urea groups is 1. The Hall–Kier alpha value is -3.53. The van der Waals surface area contributed by atoms with E-state index in [-0.39, 0.29) is 19.0 Å². The summed E-state index contributed by atoms with van der Waals surface area (Å²) in [6, 6.07) is 13.3. The van der Waals surface area contributed by atoms with E-state index in [1.165, 1.54) is 4.90 Å². The molecule has 3 rings (SSSR count). The minimum Gasteiger partial charge on any atom is -0.497 e. The van der Waals surface area contributed by atoms with Gasteiger partial charge in [0, 0.05) is 12.6 Å². The van der Waals surface area contributed by atoms with Gasteiger partial charge < -0.3 is 14.4 Å². The topological polar surface area (TPSA) is 82.9 Å². The molecule has 0 spiro atoms. The second kappa shape index (κ2) is 7.15. The normalized spacial score (nSPS) is 13.7. The first-order valence-electron chi connectivity index (χ1n) is 7.89. The lowest BCUT2D eigenvalue weighted by Gasteiger charge is -2.18. The van der Waals surface area contributed by atoms with Gasteiger partial charge in [-0.05, 0) is 42.0 Å². The lowest BCUT2D eigenvalue weighted by Crippen LogP contribution is -2.32. The molecule has 1 aliphatic heterocycles. The third-order valence-electron chi connectivity index (χ3n) is 4.08. The van der Waals surface area contributed by atoms with E-state index in [0.29, 0.717) is 22.7 Å². The standard InChI is InChI=1S/C19H17N3O4/c1-25-16-7-14(8-17(9-16)26-2)11-21-12-18(23)22(19(21)24)15-5-3-13(10-20)4-6-15/h3-9H,11-12H2,1-2H3. The van der Waals surface area contributed by atoms with Crippen LogP contribution in [0.5, 0.6) is 11.5 Å². The summed E-state index contributed by atoms with van der Waals surface area (Å²) in [5.41, 5.74) is 1.71. The van der Waals surface area contributed by atoms with Crippen molar-refractivity contribution >= 4 is 17.6 Å². The maximum atomic E-state index is 12.7. The zero-order valence-corrected chi connectivity index (χ0v) is 14.4. The van der Waals surface area contributed by atoms with Crippen molar-refractivity contribution in [2.45, 2.75) is 6.54 Å². The highest BCUT2D eigenvalue weighted by molar-refractivity contribution is 6.19. The fourth-order valence-corrected chi connectivity index (χ4v) is 2.79. The van der Waals surface area contributed by atoms with E-state index in [1.807, 2.05) is 6.07 Å². The number of hydrogen-bond acceptors (Lipinski definition) is 5. The maximum absolute atomic E-state index is 12.7. The number of anilines is 1. The van der Waals surface area contributed by atoms with E-state index in [4.69, 9.17) is 14.7 Å². The highest BCUT2D eigenvalue weighted by Crippen LogP contribution is 2.26. The van der Waals surface area contributed by atoms with Crippen molar-refractivity contribution in [1.29, 1.82) is 5.26 Å². The highest BCUT2D eigenvalue weighted by atomic mass is 16.5. The minimum absolute atomic E-state index is 0.0155. The number of benzene rings is 2. The van der Waals surface area contributed by atoms with Crippen LogP contribution in [0.15, 0.2) is 42.5 Å². The molecule has 0 saturated carbocycles. The first-order valence-corrected chi connectivity index (χ1v) is 7.89. The third-order valence-corrected chi connectivity index (χ3v) is 4.08. The van der Waals surface area contributed by atoms with E-state index in [0.717, 1.165) is 10.5 Å². The number of ether oxygens (including phenoxy) is 2. The Morgan fingerprint density at radius 1 is 1.04 bits per heavy atom. The smallest absolute Gasteiger partial charge is 0.332 e. The first kappa shape index (κ1) is 17.3.